The third kappa shape index (κ3) is 6.52. The highest BCUT2D eigenvalue weighted by Gasteiger charge is 2.32. The summed E-state index contributed by atoms with van der Waals surface area (Å²) >= 11 is 6.60. The van der Waals surface area contributed by atoms with Gasteiger partial charge in [0.15, 0.2) is 5.78 Å². The first-order valence-electron chi connectivity index (χ1n) is 12.5. The molecule has 8 nitrogen and oxygen atoms in total. The number of amides is 1. The number of rotatable bonds is 12. The van der Waals surface area contributed by atoms with Crippen LogP contribution in [-0.4, -0.2) is 44.2 Å². The number of nitriles is 1. The highest BCUT2D eigenvalue weighted by Crippen LogP contribution is 2.33. The van der Waals surface area contributed by atoms with Crippen LogP contribution in [0.4, 0.5) is 0 Å². The summed E-state index contributed by atoms with van der Waals surface area (Å²) in [6, 6.07) is 9.19. The second kappa shape index (κ2) is 13.4. The maximum absolute atomic E-state index is 13.1. The molecule has 0 atom stereocenters. The van der Waals surface area contributed by atoms with Gasteiger partial charge < -0.3 is 9.84 Å². The summed E-state index contributed by atoms with van der Waals surface area (Å²) in [5.41, 5.74) is 0.281. The fraction of sp³-hybridized carbons (Fsp3) is 0.393. The number of carbonyl (C=O) groups is 2. The van der Waals surface area contributed by atoms with Gasteiger partial charge in [0.2, 0.25) is 5.88 Å². The molecule has 1 amide bonds. The molecule has 0 saturated carbocycles. The van der Waals surface area contributed by atoms with E-state index in [2.05, 4.69) is 6.92 Å². The molecule has 2 heterocycles. The number of hydrogen-bond acceptors (Lipinski definition) is 8. The number of hydrogen-bond donors (Lipinski definition) is 1. The number of ether oxygens (including phenoxy) is 1. The third-order valence-corrected chi connectivity index (χ3v) is 7.76. The lowest BCUT2D eigenvalue weighted by atomic mass is 9.99. The average Bonchev–Trinajstić information content (AvgIpc) is 3.16. The van der Waals surface area contributed by atoms with Crippen LogP contribution in [0.15, 0.2) is 34.0 Å². The Balaban J connectivity index is 1.70. The van der Waals surface area contributed by atoms with Gasteiger partial charge in [-0.25, -0.2) is 0 Å². The van der Waals surface area contributed by atoms with Gasteiger partial charge in [-0.3, -0.25) is 23.9 Å². The quantitative estimate of drug-likeness (QED) is 0.165. The number of benzene rings is 1. The van der Waals surface area contributed by atoms with E-state index in [0.29, 0.717) is 22.1 Å². The molecule has 1 aromatic heterocycles. The van der Waals surface area contributed by atoms with Crippen molar-refractivity contribution in [2.24, 2.45) is 0 Å². The highest BCUT2D eigenvalue weighted by atomic mass is 32.2. The summed E-state index contributed by atoms with van der Waals surface area (Å²) in [7, 11) is 1.58. The van der Waals surface area contributed by atoms with E-state index in [-0.39, 0.29) is 42.1 Å². The van der Waals surface area contributed by atoms with E-state index in [1.807, 2.05) is 30.3 Å². The minimum Gasteiger partial charge on any atom is -0.497 e. The van der Waals surface area contributed by atoms with E-state index in [1.165, 1.54) is 23.6 Å². The normalized spacial score (nSPS) is 14.3. The first-order valence-corrected chi connectivity index (χ1v) is 13.7. The molecular weight excluding hydrogens is 522 g/mol. The predicted molar refractivity (Wildman–Crippen MR) is 152 cm³/mol. The van der Waals surface area contributed by atoms with Crippen molar-refractivity contribution < 1.29 is 19.4 Å². The molecule has 1 aromatic carbocycles. The Morgan fingerprint density at radius 1 is 1.16 bits per heavy atom. The fourth-order valence-corrected chi connectivity index (χ4v) is 5.56. The number of nitrogens with zero attached hydrogens (tertiary/aromatic N) is 3. The van der Waals surface area contributed by atoms with Gasteiger partial charge >= 0.3 is 0 Å². The van der Waals surface area contributed by atoms with Gasteiger partial charge in [0.25, 0.3) is 11.5 Å². The van der Waals surface area contributed by atoms with E-state index < -0.39 is 17.2 Å². The number of thioether (sulfide) groups is 1. The summed E-state index contributed by atoms with van der Waals surface area (Å²) in [6.07, 6.45) is 5.62. The van der Waals surface area contributed by atoms with Gasteiger partial charge in [-0.2, -0.15) is 5.26 Å². The fourth-order valence-electron chi connectivity index (χ4n) is 4.26. The zero-order valence-electron chi connectivity index (χ0n) is 21.8. The molecule has 200 valence electrons. The van der Waals surface area contributed by atoms with Crippen LogP contribution in [0.1, 0.15) is 72.5 Å². The smallest absolute Gasteiger partial charge is 0.271 e. The van der Waals surface area contributed by atoms with Crippen molar-refractivity contribution in [1.82, 2.24) is 9.47 Å². The van der Waals surface area contributed by atoms with Gasteiger partial charge in [-0.05, 0) is 49.1 Å². The molecule has 2 aromatic rings. The lowest BCUT2D eigenvalue weighted by Gasteiger charge is -2.17. The molecule has 1 aliphatic rings. The van der Waals surface area contributed by atoms with Gasteiger partial charge in [0.05, 0.1) is 17.6 Å². The standard InChI is InChI=1S/C28H31N3O5S2/c1-4-5-6-7-14-30-25(33)21(17-29)18(2)24(27(30)35)22(32)9-8-15-31-26(34)23(38-28(31)37)16-19-10-12-20(36-3)13-11-19/h10-13,16,35H,4-9,14-15H2,1-3H3/b23-16-. The van der Waals surface area contributed by atoms with Gasteiger partial charge in [-0.15, -0.1) is 0 Å². The van der Waals surface area contributed by atoms with Crippen molar-refractivity contribution in [3.05, 3.63) is 61.8 Å². The van der Waals surface area contributed by atoms with E-state index >= 15 is 0 Å². The number of Topliss-reactive ketones (excluding diaryl/α,β-unsaturated/α-hetero) is 1. The molecule has 10 heteroatoms. The Bertz CT molecular complexity index is 1360. The number of methoxy groups -OCH3 is 1. The van der Waals surface area contributed by atoms with Crippen molar-refractivity contribution in [3.8, 4) is 17.7 Å². The molecule has 0 radical (unpaired) electrons. The van der Waals surface area contributed by atoms with Gasteiger partial charge in [0.1, 0.15) is 21.7 Å². The van der Waals surface area contributed by atoms with Gasteiger partial charge in [-0.1, -0.05) is 62.3 Å². The second-order valence-electron chi connectivity index (χ2n) is 8.96. The minimum absolute atomic E-state index is 0.0126. The Morgan fingerprint density at radius 3 is 2.50 bits per heavy atom. The highest BCUT2D eigenvalue weighted by molar-refractivity contribution is 8.26. The summed E-state index contributed by atoms with van der Waals surface area (Å²) in [5.74, 6) is -0.303. The van der Waals surface area contributed by atoms with Crippen LogP contribution in [0.5, 0.6) is 11.6 Å². The van der Waals surface area contributed by atoms with Crippen LogP contribution in [0.2, 0.25) is 0 Å². The lowest BCUT2D eigenvalue weighted by molar-refractivity contribution is -0.122. The zero-order chi connectivity index (χ0) is 27.8. The predicted octanol–water partition coefficient (Wildman–Crippen LogP) is 5.19. The maximum Gasteiger partial charge on any atom is 0.271 e. The molecular formula is C28H31N3O5S2. The van der Waals surface area contributed by atoms with E-state index in [9.17, 15) is 24.8 Å². The van der Waals surface area contributed by atoms with Crippen molar-refractivity contribution >= 4 is 46.1 Å². The molecule has 0 bridgehead atoms. The molecule has 3 rings (SSSR count). The number of unbranched alkanes of at least 4 members (excludes halogenated alkanes) is 3. The maximum atomic E-state index is 13.1. The minimum atomic E-state index is -0.586. The zero-order valence-corrected chi connectivity index (χ0v) is 23.4. The van der Waals surface area contributed by atoms with Crippen molar-refractivity contribution in [2.45, 2.75) is 58.9 Å². The molecule has 1 fully saturated rings. The Kier molecular flexibility index (Phi) is 10.3. The van der Waals surface area contributed by atoms with Crippen LogP contribution in [0.25, 0.3) is 6.08 Å². The first kappa shape index (κ1) is 29.1. The Labute approximate surface area is 231 Å². The summed E-state index contributed by atoms with van der Waals surface area (Å²) < 4.78 is 6.69. The van der Waals surface area contributed by atoms with Crippen molar-refractivity contribution in [1.29, 1.82) is 5.26 Å². The van der Waals surface area contributed by atoms with Crippen LogP contribution in [0, 0.1) is 18.3 Å². The number of pyridine rings is 1. The van der Waals surface area contributed by atoms with Crippen LogP contribution < -0.4 is 10.3 Å². The molecule has 0 aliphatic carbocycles. The topological polar surface area (TPSA) is 113 Å². The molecule has 1 aliphatic heterocycles. The van der Waals surface area contributed by atoms with Crippen molar-refractivity contribution in [2.75, 3.05) is 13.7 Å². The number of thiocarbonyl (C=S) groups is 1. The first-order chi connectivity index (χ1) is 18.2. The van der Waals surface area contributed by atoms with Crippen LogP contribution in [0.3, 0.4) is 0 Å². The SMILES string of the molecule is CCCCCCn1c(O)c(C(=O)CCCN2C(=O)/C(=C/c3ccc(OC)cc3)SC2=S)c(C)c(C#N)c1=O. The molecule has 38 heavy (non-hydrogen) atoms. The number of aromatic nitrogens is 1. The summed E-state index contributed by atoms with van der Waals surface area (Å²) in [5, 5.41) is 20.4. The summed E-state index contributed by atoms with van der Waals surface area (Å²) in [6.45, 7) is 4.04. The largest absolute Gasteiger partial charge is 0.497 e. The Morgan fingerprint density at radius 2 is 1.87 bits per heavy atom. The molecule has 1 saturated heterocycles. The van der Waals surface area contributed by atoms with E-state index in [1.54, 1.807) is 13.2 Å². The molecule has 0 unspecified atom stereocenters. The number of carbonyl (C=O) groups excluding carboxylic acids is 2. The van der Waals surface area contributed by atoms with Crippen LogP contribution in [-0.2, 0) is 11.3 Å². The number of aromatic hydroxyl groups is 1. The summed E-state index contributed by atoms with van der Waals surface area (Å²) in [4.78, 5) is 40.8. The monoisotopic (exact) mass is 553 g/mol. The van der Waals surface area contributed by atoms with Gasteiger partial charge in [0, 0.05) is 19.5 Å². The van der Waals surface area contributed by atoms with E-state index in [0.717, 1.165) is 35.1 Å². The number of ketones is 1. The third-order valence-electron chi connectivity index (χ3n) is 6.39. The van der Waals surface area contributed by atoms with E-state index in [4.69, 9.17) is 17.0 Å². The second-order valence-corrected chi connectivity index (χ2v) is 10.6. The molecule has 0 spiro atoms. The Hall–Kier alpha value is -3.42. The lowest BCUT2D eigenvalue weighted by Crippen LogP contribution is -2.30. The average molecular weight is 554 g/mol. The van der Waals surface area contributed by atoms with Crippen LogP contribution >= 0.6 is 24.0 Å². The van der Waals surface area contributed by atoms with Crippen molar-refractivity contribution in [3.63, 3.8) is 0 Å². The molecule has 1 N–H and O–H groups in total.